The first kappa shape index (κ1) is 8.90. The van der Waals surface area contributed by atoms with Crippen molar-refractivity contribution in [1.82, 2.24) is 4.98 Å². The lowest BCUT2D eigenvalue weighted by Gasteiger charge is -2.14. The molecule has 0 amide bonds. The van der Waals surface area contributed by atoms with Crippen LogP contribution in [0.15, 0.2) is 24.5 Å². The Balaban J connectivity index is 2.44. The Morgan fingerprint density at radius 2 is 2.17 bits per heavy atom. The number of hydrogen-bond donors (Lipinski definition) is 0. The van der Waals surface area contributed by atoms with Crippen LogP contribution >= 0.6 is 0 Å². The lowest BCUT2D eigenvalue weighted by Crippen LogP contribution is -2.26. The van der Waals surface area contributed by atoms with Gasteiger partial charge in [0.15, 0.2) is 0 Å². The highest BCUT2D eigenvalue weighted by molar-refractivity contribution is 6.58. The molecule has 0 aliphatic carbocycles. The molecule has 0 aliphatic heterocycles. The third kappa shape index (κ3) is 3.27. The Labute approximate surface area is 67.4 Å². The summed E-state index contributed by atoms with van der Waals surface area (Å²) in [7, 11) is 0. The number of halogens is 3. The predicted octanol–water partition coefficient (Wildman–Crippen LogP) is 1.85. The van der Waals surface area contributed by atoms with Crippen LogP contribution in [0.2, 0.25) is 0 Å². The van der Waals surface area contributed by atoms with E-state index >= 15 is 0 Å². The lowest BCUT2D eigenvalue weighted by atomic mass is 9.95. The van der Waals surface area contributed by atoms with E-state index in [1.807, 2.05) is 0 Å². The van der Waals surface area contributed by atoms with E-state index in [1.54, 1.807) is 0 Å². The molecule has 0 aliphatic rings. The van der Waals surface area contributed by atoms with Gasteiger partial charge in [-0.25, -0.2) is 0 Å². The quantitative estimate of drug-likeness (QED) is 0.655. The third-order valence-corrected chi connectivity index (χ3v) is 1.07. The van der Waals surface area contributed by atoms with E-state index in [9.17, 15) is 12.9 Å². The van der Waals surface area contributed by atoms with Crippen LogP contribution in [0.1, 0.15) is 0 Å². The molecule has 0 unspecified atom stereocenters. The van der Waals surface area contributed by atoms with Gasteiger partial charge in [0.05, 0.1) is 12.7 Å². The Bertz CT molecular complexity index is 238. The SMILES string of the molecule is F[B-](F)(F)COc1cccnc1. The second-order valence-corrected chi connectivity index (χ2v) is 2.21. The number of nitrogens with zero attached hydrogens (tertiary/aromatic N) is 1. The van der Waals surface area contributed by atoms with Gasteiger partial charge in [0.25, 0.3) is 0 Å². The van der Waals surface area contributed by atoms with Crippen LogP contribution in [-0.4, -0.2) is 18.5 Å². The summed E-state index contributed by atoms with van der Waals surface area (Å²) in [6.45, 7) is -6.09. The highest BCUT2D eigenvalue weighted by Gasteiger charge is 2.23. The predicted molar refractivity (Wildman–Crippen MR) is 38.8 cm³/mol. The number of rotatable bonds is 3. The van der Waals surface area contributed by atoms with Gasteiger partial charge in [-0.05, 0) is 12.1 Å². The second-order valence-electron chi connectivity index (χ2n) is 2.21. The Kier molecular flexibility index (Phi) is 2.57. The van der Waals surface area contributed by atoms with Gasteiger partial charge in [-0.2, -0.15) is 0 Å². The van der Waals surface area contributed by atoms with Crippen molar-refractivity contribution in [3.8, 4) is 5.75 Å². The van der Waals surface area contributed by atoms with Gasteiger partial charge in [-0.3, -0.25) is 4.98 Å². The molecule has 1 rings (SSSR count). The zero-order valence-corrected chi connectivity index (χ0v) is 6.08. The van der Waals surface area contributed by atoms with Crippen molar-refractivity contribution in [3.05, 3.63) is 24.5 Å². The zero-order chi connectivity index (χ0) is 9.03. The number of hydrogen-bond acceptors (Lipinski definition) is 2. The first-order valence-electron chi connectivity index (χ1n) is 3.32. The molecule has 0 radical (unpaired) electrons. The molecule has 0 atom stereocenters. The minimum absolute atomic E-state index is 0.136. The molecule has 1 heterocycles. The maximum absolute atomic E-state index is 11.7. The van der Waals surface area contributed by atoms with Gasteiger partial charge in [-0.15, -0.1) is 0 Å². The zero-order valence-electron chi connectivity index (χ0n) is 6.08. The van der Waals surface area contributed by atoms with E-state index in [0.29, 0.717) is 0 Å². The first-order valence-corrected chi connectivity index (χ1v) is 3.32. The fourth-order valence-electron chi connectivity index (χ4n) is 0.623. The normalized spacial score (nSPS) is 11.2. The van der Waals surface area contributed by atoms with Crippen molar-refractivity contribution >= 4 is 6.98 Å². The van der Waals surface area contributed by atoms with Gasteiger partial charge in [-0.1, -0.05) is 0 Å². The van der Waals surface area contributed by atoms with Gasteiger partial charge >= 0.3 is 6.98 Å². The number of ether oxygens (including phenoxy) is 1. The van der Waals surface area contributed by atoms with Gasteiger partial charge in [0.1, 0.15) is 5.75 Å². The van der Waals surface area contributed by atoms with Crippen molar-refractivity contribution < 1.29 is 17.7 Å². The molecular formula is C6H6BF3NO-. The number of pyridine rings is 1. The maximum Gasteiger partial charge on any atom is 0.515 e. The molecule has 6 heteroatoms. The summed E-state index contributed by atoms with van der Waals surface area (Å²) in [5.41, 5.74) is 0. The summed E-state index contributed by atoms with van der Waals surface area (Å²) in [5.74, 6) is 0.136. The highest BCUT2D eigenvalue weighted by atomic mass is 19.4. The summed E-state index contributed by atoms with van der Waals surface area (Å²) in [6.07, 6.45) is 2.70. The van der Waals surface area contributed by atoms with Crippen molar-refractivity contribution in [2.24, 2.45) is 0 Å². The van der Waals surface area contributed by atoms with E-state index in [2.05, 4.69) is 9.72 Å². The van der Waals surface area contributed by atoms with Gasteiger partial charge < -0.3 is 17.7 Å². The van der Waals surface area contributed by atoms with Crippen LogP contribution in [0, 0.1) is 0 Å². The Hall–Kier alpha value is -1.20. The lowest BCUT2D eigenvalue weighted by molar-refractivity contribution is 0.312. The molecule has 0 saturated heterocycles. The molecule has 0 bridgehead atoms. The molecule has 66 valence electrons. The molecule has 2 nitrogen and oxygen atoms in total. The van der Waals surface area contributed by atoms with Crippen molar-refractivity contribution in [1.29, 1.82) is 0 Å². The standard InChI is InChI=1S/C6H6BF3NO/c8-7(9,10)5-12-6-2-1-3-11-4-6/h1-4H,5H2/q-1. The molecule has 0 saturated carbocycles. The van der Waals surface area contributed by atoms with E-state index in [0.717, 1.165) is 0 Å². The van der Waals surface area contributed by atoms with Crippen LogP contribution in [0.3, 0.4) is 0 Å². The minimum atomic E-state index is -4.88. The fraction of sp³-hybridized carbons (Fsp3) is 0.167. The summed E-state index contributed by atoms with van der Waals surface area (Å²) < 4.78 is 39.4. The Morgan fingerprint density at radius 3 is 2.67 bits per heavy atom. The second kappa shape index (κ2) is 3.47. The van der Waals surface area contributed by atoms with Crippen LogP contribution in [0.5, 0.6) is 5.75 Å². The topological polar surface area (TPSA) is 22.1 Å². The molecule has 1 aromatic rings. The molecule has 1 aromatic heterocycles. The number of aromatic nitrogens is 1. The minimum Gasteiger partial charge on any atom is -0.520 e. The summed E-state index contributed by atoms with van der Waals surface area (Å²) in [5, 5.41) is 0. The average molecular weight is 176 g/mol. The fourth-order valence-corrected chi connectivity index (χ4v) is 0.623. The van der Waals surface area contributed by atoms with Crippen LogP contribution < -0.4 is 4.74 Å². The summed E-state index contributed by atoms with van der Waals surface area (Å²) in [4.78, 5) is 3.60. The van der Waals surface area contributed by atoms with E-state index in [-0.39, 0.29) is 5.75 Å². The van der Waals surface area contributed by atoms with Gasteiger partial charge in [0, 0.05) is 6.20 Å². The van der Waals surface area contributed by atoms with Crippen LogP contribution in [0.25, 0.3) is 0 Å². The third-order valence-electron chi connectivity index (χ3n) is 1.07. The molecule has 0 fully saturated rings. The first-order chi connectivity index (χ1) is 5.58. The molecular weight excluding hydrogens is 170 g/mol. The van der Waals surface area contributed by atoms with Crippen LogP contribution in [0.4, 0.5) is 12.9 Å². The average Bonchev–Trinajstić information content (AvgIpc) is 2.02. The van der Waals surface area contributed by atoms with Crippen molar-refractivity contribution in [2.75, 3.05) is 6.51 Å². The van der Waals surface area contributed by atoms with E-state index < -0.39 is 13.5 Å². The largest absolute Gasteiger partial charge is 0.520 e. The molecule has 0 N–H and O–H groups in total. The maximum atomic E-state index is 11.7. The Morgan fingerprint density at radius 1 is 1.42 bits per heavy atom. The van der Waals surface area contributed by atoms with Crippen molar-refractivity contribution in [2.45, 2.75) is 0 Å². The van der Waals surface area contributed by atoms with Gasteiger partial charge in [0.2, 0.25) is 0 Å². The molecule has 0 aromatic carbocycles. The molecule has 12 heavy (non-hydrogen) atoms. The van der Waals surface area contributed by atoms with Crippen molar-refractivity contribution in [3.63, 3.8) is 0 Å². The summed E-state index contributed by atoms with van der Waals surface area (Å²) in [6, 6.07) is 2.94. The smallest absolute Gasteiger partial charge is 0.515 e. The van der Waals surface area contributed by atoms with E-state index in [4.69, 9.17) is 0 Å². The summed E-state index contributed by atoms with van der Waals surface area (Å²) >= 11 is 0. The molecule has 0 spiro atoms. The van der Waals surface area contributed by atoms with E-state index in [1.165, 1.54) is 24.5 Å². The van der Waals surface area contributed by atoms with Crippen LogP contribution in [-0.2, 0) is 0 Å². The highest BCUT2D eigenvalue weighted by Crippen LogP contribution is 2.12. The monoisotopic (exact) mass is 176 g/mol.